The van der Waals surface area contributed by atoms with Gasteiger partial charge in [0.25, 0.3) is 0 Å². The molecule has 20 heavy (non-hydrogen) atoms. The van der Waals surface area contributed by atoms with Crippen LogP contribution in [0.2, 0.25) is 0 Å². The van der Waals surface area contributed by atoms with Crippen LogP contribution in [0.4, 0.5) is 11.9 Å². The van der Waals surface area contributed by atoms with Gasteiger partial charge in [0.15, 0.2) is 0 Å². The average Bonchev–Trinajstić information content (AvgIpc) is 2.40. The summed E-state index contributed by atoms with van der Waals surface area (Å²) in [5.74, 6) is 1.43. The first kappa shape index (κ1) is 15.0. The minimum atomic E-state index is 0.0187. The quantitative estimate of drug-likeness (QED) is 0.844. The fourth-order valence-corrected chi connectivity index (χ4v) is 2.84. The molecule has 2 aromatic heterocycles. The highest BCUT2D eigenvalue weighted by atomic mass is 79.9. The molecule has 0 spiro atoms. The highest BCUT2D eigenvalue weighted by Gasteiger charge is 2.16. The molecule has 0 aromatic carbocycles. The Balaban J connectivity index is 2.25. The second-order valence-corrected chi connectivity index (χ2v) is 6.48. The number of halogens is 1. The topological polar surface area (TPSA) is 80.8 Å². The Morgan fingerprint density at radius 1 is 1.30 bits per heavy atom. The highest BCUT2D eigenvalue weighted by Crippen LogP contribution is 2.35. The zero-order valence-corrected chi connectivity index (χ0v) is 13.8. The van der Waals surface area contributed by atoms with Gasteiger partial charge in [-0.2, -0.15) is 15.0 Å². The van der Waals surface area contributed by atoms with E-state index in [0.717, 1.165) is 9.50 Å². The van der Waals surface area contributed by atoms with Crippen LogP contribution in [0, 0.1) is 0 Å². The van der Waals surface area contributed by atoms with E-state index in [1.165, 1.54) is 0 Å². The minimum absolute atomic E-state index is 0.0187. The molecule has 1 unspecified atom stereocenters. The van der Waals surface area contributed by atoms with Crippen molar-refractivity contribution < 1.29 is 0 Å². The van der Waals surface area contributed by atoms with Crippen molar-refractivity contribution in [3.63, 3.8) is 0 Å². The van der Waals surface area contributed by atoms with Crippen molar-refractivity contribution in [2.24, 2.45) is 0 Å². The maximum absolute atomic E-state index is 5.74. The van der Waals surface area contributed by atoms with Crippen molar-refractivity contribution in [1.82, 2.24) is 19.9 Å². The Bertz CT molecular complexity index is 606. The number of nitrogens with two attached hydrogens (primary N) is 1. The van der Waals surface area contributed by atoms with Crippen molar-refractivity contribution in [2.75, 3.05) is 24.7 Å². The van der Waals surface area contributed by atoms with Crippen LogP contribution in [-0.2, 0) is 0 Å². The van der Waals surface area contributed by atoms with Gasteiger partial charge in [-0.1, -0.05) is 11.8 Å². The van der Waals surface area contributed by atoms with Gasteiger partial charge in [-0.15, -0.1) is 0 Å². The molecule has 2 aromatic rings. The maximum atomic E-state index is 5.74. The van der Waals surface area contributed by atoms with Gasteiger partial charge in [0, 0.05) is 24.8 Å². The monoisotopic (exact) mass is 354 g/mol. The SMILES string of the molecule is CC(Sc1ncccc1Br)c1nc(N)nc(N(C)C)n1. The third kappa shape index (κ3) is 3.57. The molecule has 2 N–H and O–H groups in total. The summed E-state index contributed by atoms with van der Waals surface area (Å²) in [6, 6.07) is 3.83. The fourth-order valence-electron chi connectivity index (χ4n) is 1.46. The molecule has 2 rings (SSSR count). The van der Waals surface area contributed by atoms with Gasteiger partial charge in [0.2, 0.25) is 11.9 Å². The summed E-state index contributed by atoms with van der Waals surface area (Å²) in [5, 5.41) is 0.913. The normalized spacial score (nSPS) is 12.2. The van der Waals surface area contributed by atoms with Gasteiger partial charge >= 0.3 is 0 Å². The molecular formula is C12H15BrN6S. The lowest BCUT2D eigenvalue weighted by atomic mass is 10.4. The Morgan fingerprint density at radius 2 is 2.05 bits per heavy atom. The van der Waals surface area contributed by atoms with Crippen molar-refractivity contribution in [1.29, 1.82) is 0 Å². The van der Waals surface area contributed by atoms with Gasteiger partial charge in [-0.25, -0.2) is 4.98 Å². The number of anilines is 2. The number of nitrogen functional groups attached to an aromatic ring is 1. The van der Waals surface area contributed by atoms with Crippen molar-refractivity contribution >= 4 is 39.6 Å². The molecule has 0 aliphatic rings. The number of hydrogen-bond acceptors (Lipinski definition) is 7. The van der Waals surface area contributed by atoms with E-state index in [9.17, 15) is 0 Å². The Morgan fingerprint density at radius 3 is 2.70 bits per heavy atom. The largest absolute Gasteiger partial charge is 0.368 e. The summed E-state index contributed by atoms with van der Waals surface area (Å²) in [5.41, 5.74) is 5.74. The molecule has 0 saturated heterocycles. The maximum Gasteiger partial charge on any atom is 0.229 e. The van der Waals surface area contributed by atoms with E-state index in [0.29, 0.717) is 11.8 Å². The minimum Gasteiger partial charge on any atom is -0.368 e. The molecule has 2 heterocycles. The number of aromatic nitrogens is 4. The molecule has 0 amide bonds. The second kappa shape index (κ2) is 6.36. The predicted octanol–water partition coefficient (Wildman–Crippen LogP) is 2.53. The van der Waals surface area contributed by atoms with Crippen LogP contribution in [0.1, 0.15) is 18.0 Å². The van der Waals surface area contributed by atoms with Crippen LogP contribution >= 0.6 is 27.7 Å². The first-order valence-corrected chi connectivity index (χ1v) is 7.60. The number of hydrogen-bond donors (Lipinski definition) is 1. The fraction of sp³-hybridized carbons (Fsp3) is 0.333. The average molecular weight is 355 g/mol. The molecule has 0 fully saturated rings. The van der Waals surface area contributed by atoms with E-state index >= 15 is 0 Å². The van der Waals surface area contributed by atoms with Crippen LogP contribution in [0.25, 0.3) is 0 Å². The van der Waals surface area contributed by atoms with E-state index < -0.39 is 0 Å². The molecule has 0 radical (unpaired) electrons. The highest BCUT2D eigenvalue weighted by molar-refractivity contribution is 9.10. The lowest BCUT2D eigenvalue weighted by Gasteiger charge is -2.14. The van der Waals surface area contributed by atoms with Crippen LogP contribution in [0.15, 0.2) is 27.8 Å². The van der Waals surface area contributed by atoms with Gasteiger partial charge < -0.3 is 10.6 Å². The summed E-state index contributed by atoms with van der Waals surface area (Å²) >= 11 is 5.05. The number of nitrogens with zero attached hydrogens (tertiary/aromatic N) is 5. The first-order chi connectivity index (χ1) is 9.47. The van der Waals surface area contributed by atoms with Gasteiger partial charge in [0.05, 0.1) is 5.25 Å². The Hall–Kier alpha value is -1.41. The molecule has 0 saturated carbocycles. The number of rotatable bonds is 4. The summed E-state index contributed by atoms with van der Waals surface area (Å²) in [7, 11) is 3.73. The van der Waals surface area contributed by atoms with Crippen molar-refractivity contribution in [3.05, 3.63) is 28.6 Å². The zero-order chi connectivity index (χ0) is 14.7. The van der Waals surface area contributed by atoms with Crippen molar-refractivity contribution in [2.45, 2.75) is 17.2 Å². The molecule has 0 aliphatic heterocycles. The third-order valence-corrected chi connectivity index (χ3v) is 4.45. The van der Waals surface area contributed by atoms with Gasteiger partial charge in [-0.05, 0) is 35.0 Å². The van der Waals surface area contributed by atoms with Crippen LogP contribution in [-0.4, -0.2) is 34.0 Å². The van der Waals surface area contributed by atoms with E-state index in [1.54, 1.807) is 22.9 Å². The molecule has 8 heteroatoms. The summed E-state index contributed by atoms with van der Waals surface area (Å²) in [4.78, 5) is 18.8. The molecule has 106 valence electrons. The number of pyridine rings is 1. The van der Waals surface area contributed by atoms with Gasteiger partial charge in [-0.3, -0.25) is 0 Å². The first-order valence-electron chi connectivity index (χ1n) is 5.93. The Labute approximate surface area is 130 Å². The van der Waals surface area contributed by atoms with E-state index in [1.807, 2.05) is 33.2 Å². The van der Waals surface area contributed by atoms with E-state index in [2.05, 4.69) is 35.9 Å². The molecule has 0 aliphatic carbocycles. The van der Waals surface area contributed by atoms with Gasteiger partial charge in [0.1, 0.15) is 10.9 Å². The van der Waals surface area contributed by atoms with E-state index in [4.69, 9.17) is 5.73 Å². The second-order valence-electron chi connectivity index (χ2n) is 4.30. The molecule has 1 atom stereocenters. The molecule has 0 bridgehead atoms. The summed E-state index contributed by atoms with van der Waals surface area (Å²) in [6.07, 6.45) is 1.76. The Kier molecular flexibility index (Phi) is 4.77. The summed E-state index contributed by atoms with van der Waals surface area (Å²) < 4.78 is 0.951. The zero-order valence-electron chi connectivity index (χ0n) is 11.4. The number of thioether (sulfide) groups is 1. The van der Waals surface area contributed by atoms with E-state index in [-0.39, 0.29) is 11.2 Å². The van der Waals surface area contributed by atoms with Crippen LogP contribution in [0.3, 0.4) is 0 Å². The predicted molar refractivity (Wildman–Crippen MR) is 84.8 cm³/mol. The van der Waals surface area contributed by atoms with Crippen LogP contribution < -0.4 is 10.6 Å². The molecule has 6 nitrogen and oxygen atoms in total. The van der Waals surface area contributed by atoms with Crippen molar-refractivity contribution in [3.8, 4) is 0 Å². The molecular weight excluding hydrogens is 340 g/mol. The van der Waals surface area contributed by atoms with Crippen LogP contribution in [0.5, 0.6) is 0 Å². The summed E-state index contributed by atoms with van der Waals surface area (Å²) in [6.45, 7) is 2.01. The smallest absolute Gasteiger partial charge is 0.229 e. The lowest BCUT2D eigenvalue weighted by Crippen LogP contribution is -2.16. The standard InChI is InChI=1S/C12H15BrN6S/c1-7(20-10-8(13)5-4-6-15-10)9-16-11(14)18-12(17-9)19(2)3/h4-7H,1-3H3,(H2,14,16,17,18). The lowest BCUT2D eigenvalue weighted by molar-refractivity contribution is 0.862. The third-order valence-electron chi connectivity index (χ3n) is 2.43.